The first-order valence-corrected chi connectivity index (χ1v) is 7.23. The minimum absolute atomic E-state index is 0.111. The lowest BCUT2D eigenvalue weighted by atomic mass is 10.2. The maximum atomic E-state index is 12.1. The first kappa shape index (κ1) is 14.3. The Labute approximate surface area is 132 Å². The summed E-state index contributed by atoms with van der Waals surface area (Å²) < 4.78 is 1.55. The van der Waals surface area contributed by atoms with Crippen molar-refractivity contribution in [1.29, 1.82) is 0 Å². The summed E-state index contributed by atoms with van der Waals surface area (Å²) in [5.41, 5.74) is 2.49. The molecule has 2 aromatic carbocycles. The van der Waals surface area contributed by atoms with Crippen molar-refractivity contribution in [3.05, 3.63) is 72.3 Å². The average Bonchev–Trinajstić information content (AvgIpc) is 3.06. The summed E-state index contributed by atoms with van der Waals surface area (Å²) in [6.07, 6.45) is 1.51. The Morgan fingerprint density at radius 1 is 1.14 bits per heavy atom. The highest BCUT2D eigenvalue weighted by atomic mass is 35.5. The number of aromatic nitrogens is 3. The summed E-state index contributed by atoms with van der Waals surface area (Å²) in [5.74, 6) is 0.183. The molecule has 0 fully saturated rings. The molecule has 5 nitrogen and oxygen atoms in total. The smallest absolute Gasteiger partial charge is 0.295 e. The van der Waals surface area contributed by atoms with Crippen molar-refractivity contribution in [2.75, 3.05) is 5.32 Å². The minimum Gasteiger partial charge on any atom is -0.319 e. The molecule has 110 valence electrons. The average molecular weight is 313 g/mol. The van der Waals surface area contributed by atoms with Gasteiger partial charge in [-0.25, -0.2) is 9.67 Å². The Morgan fingerprint density at radius 2 is 1.95 bits per heavy atom. The van der Waals surface area contributed by atoms with Crippen LogP contribution in [0.3, 0.4) is 0 Å². The molecule has 3 aromatic rings. The SMILES string of the molecule is O=C(Nc1ccccc1)c1ncn(-c2cccc(CCl)c2)n1. The molecule has 0 radical (unpaired) electrons. The van der Waals surface area contributed by atoms with Gasteiger partial charge in [0.2, 0.25) is 5.82 Å². The predicted molar refractivity (Wildman–Crippen MR) is 85.3 cm³/mol. The van der Waals surface area contributed by atoms with Crippen LogP contribution < -0.4 is 5.32 Å². The van der Waals surface area contributed by atoms with E-state index in [0.717, 1.165) is 11.3 Å². The quantitative estimate of drug-likeness (QED) is 0.752. The van der Waals surface area contributed by atoms with Gasteiger partial charge >= 0.3 is 0 Å². The molecular formula is C16H13ClN4O. The molecule has 0 aliphatic heterocycles. The van der Waals surface area contributed by atoms with Gasteiger partial charge in [0.1, 0.15) is 6.33 Å². The Kier molecular flexibility index (Phi) is 4.16. The lowest BCUT2D eigenvalue weighted by Crippen LogP contribution is -2.14. The van der Waals surface area contributed by atoms with Crippen molar-refractivity contribution in [2.24, 2.45) is 0 Å². The largest absolute Gasteiger partial charge is 0.319 e. The van der Waals surface area contributed by atoms with Crippen LogP contribution in [0.15, 0.2) is 60.9 Å². The first-order valence-electron chi connectivity index (χ1n) is 6.69. The third kappa shape index (κ3) is 3.15. The number of para-hydroxylation sites is 1. The lowest BCUT2D eigenvalue weighted by Gasteiger charge is -2.03. The van der Waals surface area contributed by atoms with E-state index in [0.29, 0.717) is 11.6 Å². The first-order chi connectivity index (χ1) is 10.8. The van der Waals surface area contributed by atoms with Gasteiger partial charge in [-0.2, -0.15) is 0 Å². The van der Waals surface area contributed by atoms with Gasteiger partial charge in [0.25, 0.3) is 5.91 Å². The number of halogens is 1. The van der Waals surface area contributed by atoms with Crippen LogP contribution in [-0.2, 0) is 5.88 Å². The van der Waals surface area contributed by atoms with Crippen molar-refractivity contribution < 1.29 is 4.79 Å². The Morgan fingerprint density at radius 3 is 2.73 bits per heavy atom. The molecule has 0 aliphatic rings. The highest BCUT2D eigenvalue weighted by Crippen LogP contribution is 2.12. The summed E-state index contributed by atoms with van der Waals surface area (Å²) in [6.45, 7) is 0. The Bertz CT molecular complexity index is 786. The number of carbonyl (C=O) groups is 1. The number of anilines is 1. The van der Waals surface area contributed by atoms with Crippen LogP contribution >= 0.6 is 11.6 Å². The van der Waals surface area contributed by atoms with Crippen LogP contribution in [0.2, 0.25) is 0 Å². The van der Waals surface area contributed by atoms with Gasteiger partial charge in [0, 0.05) is 11.6 Å². The summed E-state index contributed by atoms with van der Waals surface area (Å²) >= 11 is 5.82. The van der Waals surface area contributed by atoms with Crippen LogP contribution in [0.1, 0.15) is 16.2 Å². The highest BCUT2D eigenvalue weighted by molar-refractivity contribution is 6.17. The summed E-state index contributed by atoms with van der Waals surface area (Å²) in [4.78, 5) is 16.2. The number of nitrogens with one attached hydrogen (secondary N) is 1. The predicted octanol–water partition coefficient (Wildman–Crippen LogP) is 3.26. The molecule has 0 unspecified atom stereocenters. The Hall–Kier alpha value is -2.66. The molecule has 0 aliphatic carbocycles. The fraction of sp³-hybridized carbons (Fsp3) is 0.0625. The van der Waals surface area contributed by atoms with E-state index in [1.165, 1.54) is 6.33 Å². The van der Waals surface area contributed by atoms with E-state index in [1.807, 2.05) is 42.5 Å². The number of rotatable bonds is 4. The molecule has 6 heteroatoms. The van der Waals surface area contributed by atoms with Crippen molar-refractivity contribution >= 4 is 23.2 Å². The maximum absolute atomic E-state index is 12.1. The third-order valence-corrected chi connectivity index (χ3v) is 3.36. The van der Waals surface area contributed by atoms with E-state index in [1.54, 1.807) is 16.8 Å². The van der Waals surface area contributed by atoms with Gasteiger partial charge in [-0.1, -0.05) is 30.3 Å². The number of alkyl halides is 1. The molecular weight excluding hydrogens is 300 g/mol. The highest BCUT2D eigenvalue weighted by Gasteiger charge is 2.12. The lowest BCUT2D eigenvalue weighted by molar-refractivity contribution is 0.101. The molecule has 1 amide bonds. The number of hydrogen-bond acceptors (Lipinski definition) is 3. The van der Waals surface area contributed by atoms with Gasteiger partial charge < -0.3 is 5.32 Å². The van der Waals surface area contributed by atoms with E-state index in [9.17, 15) is 4.79 Å². The van der Waals surface area contributed by atoms with Crippen molar-refractivity contribution in [2.45, 2.75) is 5.88 Å². The van der Waals surface area contributed by atoms with E-state index < -0.39 is 0 Å². The molecule has 22 heavy (non-hydrogen) atoms. The number of benzene rings is 2. The normalized spacial score (nSPS) is 10.4. The number of amides is 1. The topological polar surface area (TPSA) is 59.8 Å². The second kappa shape index (κ2) is 6.41. The fourth-order valence-electron chi connectivity index (χ4n) is 1.98. The van der Waals surface area contributed by atoms with Crippen LogP contribution in [0, 0.1) is 0 Å². The van der Waals surface area contributed by atoms with Gasteiger partial charge in [-0.3, -0.25) is 4.79 Å². The number of hydrogen-bond donors (Lipinski definition) is 1. The van der Waals surface area contributed by atoms with Gasteiger partial charge in [-0.15, -0.1) is 16.7 Å². The Balaban J connectivity index is 1.79. The molecule has 0 spiro atoms. The molecule has 1 heterocycles. The van der Waals surface area contributed by atoms with E-state index in [-0.39, 0.29) is 11.7 Å². The zero-order valence-electron chi connectivity index (χ0n) is 11.6. The molecule has 0 bridgehead atoms. The maximum Gasteiger partial charge on any atom is 0.295 e. The van der Waals surface area contributed by atoms with Gasteiger partial charge in [0.05, 0.1) is 5.69 Å². The van der Waals surface area contributed by atoms with Gasteiger partial charge in [-0.05, 0) is 29.8 Å². The van der Waals surface area contributed by atoms with E-state index >= 15 is 0 Å². The second-order valence-electron chi connectivity index (χ2n) is 4.64. The van der Waals surface area contributed by atoms with Crippen molar-refractivity contribution in [3.8, 4) is 5.69 Å². The van der Waals surface area contributed by atoms with Crippen LogP contribution in [-0.4, -0.2) is 20.7 Å². The molecule has 0 saturated heterocycles. The minimum atomic E-state index is -0.349. The van der Waals surface area contributed by atoms with Crippen molar-refractivity contribution in [1.82, 2.24) is 14.8 Å². The molecule has 0 atom stereocenters. The van der Waals surface area contributed by atoms with Crippen LogP contribution in [0.5, 0.6) is 0 Å². The third-order valence-electron chi connectivity index (χ3n) is 3.06. The zero-order valence-corrected chi connectivity index (χ0v) is 12.4. The fourth-order valence-corrected chi connectivity index (χ4v) is 2.15. The summed E-state index contributed by atoms with van der Waals surface area (Å²) in [5, 5.41) is 6.95. The van der Waals surface area contributed by atoms with E-state index in [2.05, 4.69) is 15.4 Å². The summed E-state index contributed by atoms with van der Waals surface area (Å²) in [6, 6.07) is 16.8. The van der Waals surface area contributed by atoms with Crippen LogP contribution in [0.25, 0.3) is 5.69 Å². The number of carbonyl (C=O) groups excluding carboxylic acids is 1. The zero-order chi connectivity index (χ0) is 15.4. The summed E-state index contributed by atoms with van der Waals surface area (Å²) in [7, 11) is 0. The second-order valence-corrected chi connectivity index (χ2v) is 4.90. The van der Waals surface area contributed by atoms with Crippen LogP contribution in [0.4, 0.5) is 5.69 Å². The van der Waals surface area contributed by atoms with Crippen molar-refractivity contribution in [3.63, 3.8) is 0 Å². The van der Waals surface area contributed by atoms with Gasteiger partial charge in [0.15, 0.2) is 0 Å². The number of nitrogens with zero attached hydrogens (tertiary/aromatic N) is 3. The van der Waals surface area contributed by atoms with E-state index in [4.69, 9.17) is 11.6 Å². The molecule has 1 N–H and O–H groups in total. The molecule has 0 saturated carbocycles. The monoisotopic (exact) mass is 312 g/mol. The standard InChI is InChI=1S/C16H13ClN4O/c17-10-12-5-4-8-14(9-12)21-11-18-15(20-21)16(22)19-13-6-2-1-3-7-13/h1-9,11H,10H2,(H,19,22). The molecule has 3 rings (SSSR count). The molecule has 1 aromatic heterocycles.